The lowest BCUT2D eigenvalue weighted by atomic mass is 9.82. The molecule has 154 valence electrons. The third-order valence-corrected chi connectivity index (χ3v) is 6.10. The molecule has 1 aliphatic heterocycles. The van der Waals surface area contributed by atoms with Crippen LogP contribution >= 0.6 is 12.4 Å². The van der Waals surface area contributed by atoms with Crippen LogP contribution in [0.3, 0.4) is 0 Å². The van der Waals surface area contributed by atoms with Crippen LogP contribution in [-0.4, -0.2) is 41.2 Å². The second-order valence-electron chi connectivity index (χ2n) is 8.38. The Bertz CT molecular complexity index is 720. The standard InChI is InChI=1S/C23H33N3O.ClH/c1-5-27-18-23(12-11-21-8-6-7-14-24-21)13-15-26(17-23)22(3,4)20-10-9-19(2)25-16-20;/h6-10,14,16H,5,11-13,15,17-18H2,1-4H3;1H/t23-;/m0./s1. The van der Waals surface area contributed by atoms with Gasteiger partial charge in [-0.2, -0.15) is 0 Å². The van der Waals surface area contributed by atoms with Gasteiger partial charge >= 0.3 is 0 Å². The zero-order chi connectivity index (χ0) is 19.3. The molecule has 0 amide bonds. The molecule has 3 rings (SSSR count). The SMILES string of the molecule is CCOC[C@@]1(CCc2ccccn2)CCN(C(C)(C)c2ccc(C)nc2)C1.Cl. The maximum Gasteiger partial charge on any atom is 0.0535 e. The van der Waals surface area contributed by atoms with Crippen molar-refractivity contribution in [2.75, 3.05) is 26.3 Å². The van der Waals surface area contributed by atoms with Crippen molar-refractivity contribution in [2.45, 2.75) is 52.5 Å². The van der Waals surface area contributed by atoms with E-state index in [2.05, 4.69) is 59.9 Å². The molecule has 1 fully saturated rings. The van der Waals surface area contributed by atoms with Crippen molar-refractivity contribution in [3.8, 4) is 0 Å². The molecule has 4 nitrogen and oxygen atoms in total. The summed E-state index contributed by atoms with van der Waals surface area (Å²) in [7, 11) is 0. The molecule has 0 spiro atoms. The molecule has 0 radical (unpaired) electrons. The Labute approximate surface area is 176 Å². The second-order valence-corrected chi connectivity index (χ2v) is 8.38. The molecule has 2 aromatic rings. The van der Waals surface area contributed by atoms with Crippen molar-refractivity contribution in [1.29, 1.82) is 0 Å². The Morgan fingerprint density at radius 1 is 1.18 bits per heavy atom. The largest absolute Gasteiger partial charge is 0.381 e. The average molecular weight is 404 g/mol. The molecular weight excluding hydrogens is 370 g/mol. The number of hydrogen-bond acceptors (Lipinski definition) is 4. The van der Waals surface area contributed by atoms with E-state index in [9.17, 15) is 0 Å². The van der Waals surface area contributed by atoms with Crippen molar-refractivity contribution in [3.05, 3.63) is 59.7 Å². The summed E-state index contributed by atoms with van der Waals surface area (Å²) in [6.07, 6.45) is 7.21. The highest BCUT2D eigenvalue weighted by atomic mass is 35.5. The number of halogens is 1. The van der Waals surface area contributed by atoms with Crippen LogP contribution in [0.1, 0.15) is 50.6 Å². The Balaban J connectivity index is 0.00000280. The Hall–Kier alpha value is -1.49. The van der Waals surface area contributed by atoms with E-state index in [1.54, 1.807) is 0 Å². The van der Waals surface area contributed by atoms with E-state index in [1.165, 1.54) is 17.7 Å². The molecule has 28 heavy (non-hydrogen) atoms. The topological polar surface area (TPSA) is 38.2 Å². The number of pyridine rings is 2. The van der Waals surface area contributed by atoms with Crippen LogP contribution in [0, 0.1) is 12.3 Å². The summed E-state index contributed by atoms with van der Waals surface area (Å²) >= 11 is 0. The van der Waals surface area contributed by atoms with Crippen molar-refractivity contribution in [1.82, 2.24) is 14.9 Å². The fourth-order valence-electron chi connectivity index (χ4n) is 4.08. The lowest BCUT2D eigenvalue weighted by Gasteiger charge is -2.38. The van der Waals surface area contributed by atoms with Crippen LogP contribution in [-0.2, 0) is 16.7 Å². The van der Waals surface area contributed by atoms with Gasteiger partial charge < -0.3 is 4.74 Å². The summed E-state index contributed by atoms with van der Waals surface area (Å²) < 4.78 is 5.93. The summed E-state index contributed by atoms with van der Waals surface area (Å²) in [5, 5.41) is 0. The first-order valence-electron chi connectivity index (χ1n) is 10.1. The molecule has 2 aromatic heterocycles. The first-order chi connectivity index (χ1) is 13.0. The zero-order valence-electron chi connectivity index (χ0n) is 17.6. The quantitative estimate of drug-likeness (QED) is 0.634. The number of ether oxygens (including phenoxy) is 1. The third-order valence-electron chi connectivity index (χ3n) is 6.10. The normalized spacial score (nSPS) is 20.1. The maximum absolute atomic E-state index is 5.93. The van der Waals surface area contributed by atoms with E-state index in [0.29, 0.717) is 0 Å². The number of aromatic nitrogens is 2. The Kier molecular flexibility index (Phi) is 7.99. The summed E-state index contributed by atoms with van der Waals surface area (Å²) in [6.45, 7) is 12.5. The summed E-state index contributed by atoms with van der Waals surface area (Å²) in [4.78, 5) is 11.6. The van der Waals surface area contributed by atoms with Gasteiger partial charge in [-0.1, -0.05) is 12.1 Å². The van der Waals surface area contributed by atoms with Gasteiger partial charge in [0.25, 0.3) is 0 Å². The predicted octanol–water partition coefficient (Wildman–Crippen LogP) is 4.80. The molecule has 1 aliphatic rings. The van der Waals surface area contributed by atoms with Crippen LogP contribution in [0.4, 0.5) is 0 Å². The first-order valence-corrected chi connectivity index (χ1v) is 10.1. The van der Waals surface area contributed by atoms with E-state index < -0.39 is 0 Å². The second kappa shape index (κ2) is 9.82. The van der Waals surface area contributed by atoms with Crippen LogP contribution in [0.2, 0.25) is 0 Å². The van der Waals surface area contributed by atoms with Gasteiger partial charge in [0, 0.05) is 47.9 Å². The summed E-state index contributed by atoms with van der Waals surface area (Å²) in [6, 6.07) is 10.5. The van der Waals surface area contributed by atoms with Crippen LogP contribution in [0.15, 0.2) is 42.7 Å². The molecule has 0 bridgehead atoms. The van der Waals surface area contributed by atoms with Crippen molar-refractivity contribution in [3.63, 3.8) is 0 Å². The lowest BCUT2D eigenvalue weighted by Crippen LogP contribution is -2.42. The van der Waals surface area contributed by atoms with Crippen LogP contribution < -0.4 is 0 Å². The molecule has 3 heterocycles. The highest BCUT2D eigenvalue weighted by molar-refractivity contribution is 5.85. The monoisotopic (exact) mass is 403 g/mol. The Morgan fingerprint density at radius 2 is 2.00 bits per heavy atom. The van der Waals surface area contributed by atoms with Gasteiger partial charge in [-0.05, 0) is 77.3 Å². The van der Waals surface area contributed by atoms with E-state index in [1.807, 2.05) is 25.4 Å². The third kappa shape index (κ3) is 5.31. The molecule has 1 atom stereocenters. The molecule has 0 saturated carbocycles. The first kappa shape index (κ1) is 22.8. The molecule has 1 saturated heterocycles. The smallest absolute Gasteiger partial charge is 0.0535 e. The van der Waals surface area contributed by atoms with E-state index in [0.717, 1.165) is 44.8 Å². The average Bonchev–Trinajstić information content (AvgIpc) is 3.12. The van der Waals surface area contributed by atoms with Gasteiger partial charge in [-0.25, -0.2) is 0 Å². The fourth-order valence-corrected chi connectivity index (χ4v) is 4.08. The van der Waals surface area contributed by atoms with Crippen LogP contribution in [0.25, 0.3) is 0 Å². The fraction of sp³-hybridized carbons (Fsp3) is 0.565. The predicted molar refractivity (Wildman–Crippen MR) is 117 cm³/mol. The van der Waals surface area contributed by atoms with Crippen molar-refractivity contribution >= 4 is 12.4 Å². The van der Waals surface area contributed by atoms with Crippen molar-refractivity contribution < 1.29 is 4.74 Å². The minimum atomic E-state index is -0.0281. The van der Waals surface area contributed by atoms with E-state index in [4.69, 9.17) is 4.74 Å². The van der Waals surface area contributed by atoms with Gasteiger partial charge in [0.1, 0.15) is 0 Å². The molecule has 0 N–H and O–H groups in total. The lowest BCUT2D eigenvalue weighted by molar-refractivity contribution is 0.0383. The number of nitrogens with zero attached hydrogens (tertiary/aromatic N) is 3. The molecule has 0 unspecified atom stereocenters. The van der Waals surface area contributed by atoms with E-state index >= 15 is 0 Å². The molecule has 0 aromatic carbocycles. The van der Waals surface area contributed by atoms with Gasteiger partial charge in [-0.15, -0.1) is 12.4 Å². The molecule has 5 heteroatoms. The van der Waals surface area contributed by atoms with Crippen molar-refractivity contribution in [2.24, 2.45) is 5.41 Å². The molecular formula is C23H34ClN3O. The Morgan fingerprint density at radius 3 is 2.64 bits per heavy atom. The maximum atomic E-state index is 5.93. The summed E-state index contributed by atoms with van der Waals surface area (Å²) in [5.41, 5.74) is 3.69. The van der Waals surface area contributed by atoms with Gasteiger partial charge in [0.2, 0.25) is 0 Å². The molecule has 0 aliphatic carbocycles. The van der Waals surface area contributed by atoms with Gasteiger partial charge in [0.15, 0.2) is 0 Å². The van der Waals surface area contributed by atoms with Gasteiger partial charge in [-0.3, -0.25) is 14.9 Å². The highest BCUT2D eigenvalue weighted by Gasteiger charge is 2.43. The number of hydrogen-bond donors (Lipinski definition) is 0. The number of rotatable bonds is 8. The van der Waals surface area contributed by atoms with Gasteiger partial charge in [0.05, 0.1) is 6.61 Å². The van der Waals surface area contributed by atoms with E-state index in [-0.39, 0.29) is 23.4 Å². The zero-order valence-corrected chi connectivity index (χ0v) is 18.5. The summed E-state index contributed by atoms with van der Waals surface area (Å²) in [5.74, 6) is 0. The number of likely N-dealkylation sites (tertiary alicyclic amines) is 1. The highest BCUT2D eigenvalue weighted by Crippen LogP contribution is 2.41. The minimum Gasteiger partial charge on any atom is -0.381 e. The van der Waals surface area contributed by atoms with Crippen LogP contribution in [0.5, 0.6) is 0 Å². The minimum absolute atomic E-state index is 0. The number of aryl methyl sites for hydroxylation is 2.